The summed E-state index contributed by atoms with van der Waals surface area (Å²) in [6, 6.07) is 2.49. The van der Waals surface area contributed by atoms with Gasteiger partial charge in [0.1, 0.15) is 46.5 Å². The summed E-state index contributed by atoms with van der Waals surface area (Å²) in [4.78, 5) is 67.3. The molecule has 52 heavy (non-hydrogen) atoms. The highest BCUT2D eigenvalue weighted by atomic mass is 35.5. The summed E-state index contributed by atoms with van der Waals surface area (Å²) >= 11 is 6.73. The van der Waals surface area contributed by atoms with Crippen LogP contribution in [0.5, 0.6) is 5.75 Å². The zero-order valence-electron chi connectivity index (χ0n) is 31.2. The molecular weight excluding hydrogens is 698 g/mol. The number of ketones is 1. The molecule has 2 saturated heterocycles. The Morgan fingerprint density at radius 1 is 1.21 bits per heavy atom. The van der Waals surface area contributed by atoms with Gasteiger partial charge in [-0.1, -0.05) is 42.3 Å². The van der Waals surface area contributed by atoms with Crippen molar-refractivity contribution < 1.29 is 52.8 Å². The number of rotatable bonds is 8. The van der Waals surface area contributed by atoms with Crippen molar-refractivity contribution in [1.82, 2.24) is 10.2 Å². The van der Waals surface area contributed by atoms with Gasteiger partial charge in [0, 0.05) is 46.4 Å². The predicted octanol–water partition coefficient (Wildman–Crippen LogP) is 3.88. The number of likely N-dealkylation sites (N-methyl/N-ethyl adjacent to an activating group) is 1. The van der Waals surface area contributed by atoms with Crippen LogP contribution >= 0.6 is 11.6 Å². The number of benzene rings is 1. The summed E-state index contributed by atoms with van der Waals surface area (Å²) in [5, 5.41) is 14.4. The Hall–Kier alpha value is -3.98. The van der Waals surface area contributed by atoms with Crippen LogP contribution in [0, 0.1) is 5.92 Å². The van der Waals surface area contributed by atoms with Gasteiger partial charge in [0.15, 0.2) is 5.72 Å². The van der Waals surface area contributed by atoms with E-state index in [9.17, 15) is 29.1 Å². The van der Waals surface area contributed by atoms with E-state index in [0.717, 1.165) is 11.1 Å². The molecule has 0 aromatic heterocycles. The number of methoxy groups -OCH3 is 2. The van der Waals surface area contributed by atoms with E-state index >= 15 is 0 Å². The number of halogens is 1. The molecule has 3 heterocycles. The number of allylic oxidation sites excluding steroid dienone is 3. The first-order valence-corrected chi connectivity index (χ1v) is 17.6. The summed E-state index contributed by atoms with van der Waals surface area (Å²) in [5.74, 6) is -2.02. The minimum absolute atomic E-state index is 0.0298. The van der Waals surface area contributed by atoms with Gasteiger partial charge in [0.25, 0.3) is 0 Å². The Labute approximate surface area is 309 Å². The van der Waals surface area contributed by atoms with Crippen molar-refractivity contribution in [3.8, 4) is 5.75 Å². The maximum Gasteiger partial charge on any atom is 0.409 e. The van der Waals surface area contributed by atoms with Crippen molar-refractivity contribution in [3.63, 3.8) is 0 Å². The largest absolute Gasteiger partial charge is 0.495 e. The fourth-order valence-electron chi connectivity index (χ4n) is 6.68. The third kappa shape index (κ3) is 8.96. The zero-order chi connectivity index (χ0) is 38.7. The molecular formula is C37H50ClN3O11. The lowest BCUT2D eigenvalue weighted by Crippen LogP contribution is -2.63. The number of carbonyl (C=O) groups excluding carboxylic acids is 5. The summed E-state index contributed by atoms with van der Waals surface area (Å²) in [6.45, 7) is 8.25. The van der Waals surface area contributed by atoms with Crippen molar-refractivity contribution in [2.45, 2.75) is 109 Å². The van der Waals surface area contributed by atoms with Crippen LogP contribution in [0.15, 0.2) is 35.9 Å². The van der Waals surface area contributed by atoms with E-state index in [0.29, 0.717) is 17.9 Å². The van der Waals surface area contributed by atoms with Crippen LogP contribution in [0.1, 0.15) is 65.9 Å². The van der Waals surface area contributed by atoms with Crippen LogP contribution in [0.2, 0.25) is 5.02 Å². The summed E-state index contributed by atoms with van der Waals surface area (Å²) in [7, 11) is 5.89. The number of ether oxygens (including phenoxy) is 5. The van der Waals surface area contributed by atoms with E-state index in [4.69, 9.17) is 35.3 Å². The zero-order valence-corrected chi connectivity index (χ0v) is 31.9. The molecule has 286 valence electrons. The van der Waals surface area contributed by atoms with Crippen LogP contribution in [0.4, 0.5) is 10.5 Å². The highest BCUT2D eigenvalue weighted by Crippen LogP contribution is 2.49. The number of carbonyl (C=O) groups is 5. The molecule has 3 aliphatic heterocycles. The van der Waals surface area contributed by atoms with Crippen molar-refractivity contribution in [3.05, 3.63) is 46.5 Å². The number of fused-ring (bicyclic) bond motifs is 5. The number of alkyl carbamates (subject to hydrolysis) is 1. The number of esters is 1. The van der Waals surface area contributed by atoms with Crippen LogP contribution in [-0.2, 0) is 44.5 Å². The molecule has 4 rings (SSSR count). The third-order valence-electron chi connectivity index (χ3n) is 10.2. The van der Waals surface area contributed by atoms with Crippen molar-refractivity contribution in [2.75, 3.05) is 33.2 Å². The lowest BCUT2D eigenvalue weighted by molar-refractivity contribution is -0.162. The number of aliphatic hydroxyl groups is 1. The normalized spacial score (nSPS) is 31.5. The number of anilines is 1. The van der Waals surface area contributed by atoms with Crippen molar-refractivity contribution in [1.29, 1.82) is 0 Å². The number of nitrogens with zero attached hydrogens (tertiary/aromatic N) is 2. The van der Waals surface area contributed by atoms with Crippen LogP contribution in [-0.4, -0.2) is 110 Å². The van der Waals surface area contributed by atoms with Crippen molar-refractivity contribution >= 4 is 46.9 Å². The van der Waals surface area contributed by atoms with Crippen LogP contribution < -0.4 is 15.0 Å². The van der Waals surface area contributed by atoms with Crippen molar-refractivity contribution in [2.24, 2.45) is 5.92 Å². The molecule has 1 aromatic carbocycles. The molecule has 3 aliphatic rings. The van der Waals surface area contributed by atoms with E-state index in [1.165, 1.54) is 44.9 Å². The maximum absolute atomic E-state index is 14.1. The van der Waals surface area contributed by atoms with Crippen LogP contribution in [0.3, 0.4) is 0 Å². The minimum Gasteiger partial charge on any atom is -0.495 e. The van der Waals surface area contributed by atoms with E-state index in [-0.39, 0.29) is 36.5 Å². The monoisotopic (exact) mass is 747 g/mol. The number of hydrogen-bond donors (Lipinski definition) is 2. The van der Waals surface area contributed by atoms with E-state index in [1.54, 1.807) is 45.2 Å². The van der Waals surface area contributed by atoms with E-state index in [1.807, 2.05) is 13.0 Å². The second kappa shape index (κ2) is 16.4. The Morgan fingerprint density at radius 3 is 2.54 bits per heavy atom. The second-order valence-corrected chi connectivity index (χ2v) is 14.5. The van der Waals surface area contributed by atoms with E-state index < -0.39 is 71.6 Å². The van der Waals surface area contributed by atoms with Crippen LogP contribution in [0.25, 0.3) is 0 Å². The van der Waals surface area contributed by atoms with Gasteiger partial charge in [-0.25, -0.2) is 9.59 Å². The summed E-state index contributed by atoms with van der Waals surface area (Å²) in [5.41, 5.74) is -1.01. The molecule has 0 aliphatic carbocycles. The molecule has 8 atom stereocenters. The molecule has 15 heteroatoms. The fraction of sp³-hybridized carbons (Fsp3) is 0.595. The lowest BCUT2D eigenvalue weighted by atomic mass is 9.83. The topological polar surface area (TPSA) is 174 Å². The van der Waals surface area contributed by atoms with Gasteiger partial charge in [-0.2, -0.15) is 0 Å². The number of nitrogens with one attached hydrogen (secondary N) is 1. The SMILES string of the molecule is COc1cc2cc(c1Cl)N(C)C(=O)C[C@H](OC(=O)[C@H](C)N(C)C(=O)CCC(C)=O)[C@]1(C)O[C@H]1[C@H](C)[C@@H]1C[C@@](O)(NC(=O)O1)[C@H](OC)/C=C/C=C(\C)C2. The van der Waals surface area contributed by atoms with E-state index in [2.05, 4.69) is 5.32 Å². The first-order chi connectivity index (χ1) is 24.3. The summed E-state index contributed by atoms with van der Waals surface area (Å²) in [6.07, 6.45) is 0.686. The molecule has 1 aromatic rings. The van der Waals surface area contributed by atoms with Gasteiger partial charge < -0.3 is 43.4 Å². The fourth-order valence-corrected chi connectivity index (χ4v) is 6.99. The molecule has 3 amide bonds. The second-order valence-electron chi connectivity index (χ2n) is 14.1. The highest BCUT2D eigenvalue weighted by molar-refractivity contribution is 6.35. The molecule has 2 N–H and O–H groups in total. The number of hydrogen-bond acceptors (Lipinski definition) is 11. The standard InChI is InChI=1S/C37H50ClN3O11/c1-20-11-10-12-28(49-9)37(47)19-27(50-35(46)39-37)22(3)33-36(5,52-33)29(51-34(45)23(4)40(6)30(43)14-13-21(2)42)18-31(44)41(7)25-16-24(15-20)17-26(48-8)32(25)38/h10-12,16-17,22-23,27-29,33,47H,13-15,18-19H2,1-9H3,(H,39,46)/b12-10+,20-11+/t22-,23+,27+,28-,29+,33+,36+,37+/m1/s1. The average Bonchev–Trinajstić information content (AvgIpc) is 3.79. The Balaban J connectivity index is 1.75. The first kappa shape index (κ1) is 40.8. The predicted molar refractivity (Wildman–Crippen MR) is 191 cm³/mol. The molecule has 0 saturated carbocycles. The van der Waals surface area contributed by atoms with Gasteiger partial charge in [0.2, 0.25) is 11.8 Å². The Bertz CT molecular complexity index is 1630. The molecule has 14 nitrogen and oxygen atoms in total. The molecule has 0 spiro atoms. The lowest BCUT2D eigenvalue weighted by Gasteiger charge is -2.42. The smallest absolute Gasteiger partial charge is 0.409 e. The third-order valence-corrected chi connectivity index (χ3v) is 10.6. The Kier molecular flexibility index (Phi) is 12.8. The van der Waals surface area contributed by atoms with Gasteiger partial charge in [-0.05, 0) is 51.8 Å². The molecule has 0 radical (unpaired) electrons. The Morgan fingerprint density at radius 2 is 1.90 bits per heavy atom. The van der Waals surface area contributed by atoms with Gasteiger partial charge in [-0.3, -0.25) is 14.9 Å². The first-order valence-electron chi connectivity index (χ1n) is 17.2. The van der Waals surface area contributed by atoms with Gasteiger partial charge in [0.05, 0.1) is 25.3 Å². The number of Topliss-reactive ketones (excluding diaryl/α,β-unsaturated/α-hetero) is 1. The quantitative estimate of drug-likeness (QED) is 0.292. The highest BCUT2D eigenvalue weighted by Gasteiger charge is 2.64. The molecule has 2 fully saturated rings. The summed E-state index contributed by atoms with van der Waals surface area (Å²) < 4.78 is 29.0. The number of epoxide rings is 1. The maximum atomic E-state index is 14.1. The molecule has 4 bridgehead atoms. The number of amides is 3. The van der Waals surface area contributed by atoms with Gasteiger partial charge >= 0.3 is 12.1 Å². The average molecular weight is 748 g/mol. The van der Waals surface area contributed by atoms with Gasteiger partial charge in [-0.15, -0.1) is 0 Å². The molecule has 0 unspecified atom stereocenters. The minimum atomic E-state index is -1.84.